The van der Waals surface area contributed by atoms with Crippen molar-refractivity contribution in [3.05, 3.63) is 39.9 Å². The number of thiazole rings is 1. The summed E-state index contributed by atoms with van der Waals surface area (Å²) in [6, 6.07) is 7.19. The zero-order chi connectivity index (χ0) is 16.8. The summed E-state index contributed by atoms with van der Waals surface area (Å²) in [5.74, 6) is 1.22. The second-order valence-electron chi connectivity index (χ2n) is 4.50. The molecule has 0 aliphatic rings. The van der Waals surface area contributed by atoms with Crippen molar-refractivity contribution in [1.29, 1.82) is 0 Å². The van der Waals surface area contributed by atoms with E-state index in [0.717, 1.165) is 5.56 Å². The number of nitrogens with one attached hydrogen (secondary N) is 1. The van der Waals surface area contributed by atoms with Crippen molar-refractivity contribution in [2.75, 3.05) is 13.2 Å². The van der Waals surface area contributed by atoms with E-state index in [0.29, 0.717) is 20.6 Å². The Morgan fingerprint density at radius 1 is 1.48 bits per heavy atom. The van der Waals surface area contributed by atoms with Crippen LogP contribution in [0.3, 0.4) is 0 Å². The molecule has 0 bridgehead atoms. The lowest BCUT2D eigenvalue weighted by Gasteiger charge is -2.03. The van der Waals surface area contributed by atoms with Gasteiger partial charge >= 0.3 is 5.97 Å². The van der Waals surface area contributed by atoms with Crippen LogP contribution in [-0.2, 0) is 9.53 Å². The Morgan fingerprint density at radius 3 is 2.96 bits per heavy atom. The molecule has 0 aliphatic carbocycles. The normalized spacial score (nSPS) is 9.96. The van der Waals surface area contributed by atoms with Crippen LogP contribution in [0.5, 0.6) is 0 Å². The topological polar surface area (TPSA) is 68.3 Å². The molecule has 7 heteroatoms. The van der Waals surface area contributed by atoms with Crippen LogP contribution in [0, 0.1) is 19.3 Å². The molecule has 1 aromatic carbocycles. The summed E-state index contributed by atoms with van der Waals surface area (Å²) in [6.45, 7) is 1.42. The minimum Gasteiger partial charge on any atom is -0.451 e. The first-order valence-electron chi connectivity index (χ1n) is 6.62. The number of benzene rings is 1. The first kappa shape index (κ1) is 17.0. The number of hydrogen-bond donors (Lipinski definition) is 1. The van der Waals surface area contributed by atoms with Crippen LogP contribution < -0.4 is 5.32 Å². The highest BCUT2D eigenvalue weighted by Gasteiger charge is 2.18. The van der Waals surface area contributed by atoms with Crippen molar-refractivity contribution < 1.29 is 14.3 Å². The molecule has 0 saturated heterocycles. The molecule has 2 aromatic rings. The van der Waals surface area contributed by atoms with E-state index in [1.165, 1.54) is 11.3 Å². The SMILES string of the molecule is C#CCNC(=O)COC(=O)c1sc(-c2cccc(Cl)c2)nc1C. The number of amides is 1. The Morgan fingerprint density at radius 2 is 2.26 bits per heavy atom. The van der Waals surface area contributed by atoms with E-state index in [2.05, 4.69) is 16.2 Å². The maximum Gasteiger partial charge on any atom is 0.350 e. The molecule has 0 spiro atoms. The van der Waals surface area contributed by atoms with Crippen LogP contribution in [0.4, 0.5) is 0 Å². The number of rotatable bonds is 5. The van der Waals surface area contributed by atoms with Gasteiger partial charge in [-0.15, -0.1) is 17.8 Å². The number of hydrogen-bond acceptors (Lipinski definition) is 5. The second-order valence-corrected chi connectivity index (χ2v) is 5.94. The summed E-state index contributed by atoms with van der Waals surface area (Å²) < 4.78 is 4.97. The van der Waals surface area contributed by atoms with E-state index < -0.39 is 11.9 Å². The number of carbonyl (C=O) groups is 2. The van der Waals surface area contributed by atoms with E-state index in [9.17, 15) is 9.59 Å². The Bertz CT molecular complexity index is 780. The van der Waals surface area contributed by atoms with Crippen LogP contribution in [-0.4, -0.2) is 30.0 Å². The summed E-state index contributed by atoms with van der Waals surface area (Å²) in [5, 5.41) is 3.66. The second kappa shape index (κ2) is 7.77. The van der Waals surface area contributed by atoms with Crippen LogP contribution in [0.15, 0.2) is 24.3 Å². The van der Waals surface area contributed by atoms with E-state index in [4.69, 9.17) is 22.8 Å². The third kappa shape index (κ3) is 4.55. The monoisotopic (exact) mass is 348 g/mol. The van der Waals surface area contributed by atoms with Gasteiger partial charge in [-0.25, -0.2) is 9.78 Å². The smallest absolute Gasteiger partial charge is 0.350 e. The van der Waals surface area contributed by atoms with Crippen LogP contribution in [0.1, 0.15) is 15.4 Å². The molecule has 1 N–H and O–H groups in total. The molecular weight excluding hydrogens is 336 g/mol. The van der Waals surface area contributed by atoms with Gasteiger partial charge in [0.25, 0.3) is 5.91 Å². The zero-order valence-corrected chi connectivity index (χ0v) is 13.8. The van der Waals surface area contributed by atoms with Crippen LogP contribution in [0.25, 0.3) is 10.6 Å². The fraction of sp³-hybridized carbons (Fsp3) is 0.188. The minimum atomic E-state index is -0.593. The largest absolute Gasteiger partial charge is 0.451 e. The highest BCUT2D eigenvalue weighted by molar-refractivity contribution is 7.17. The Labute approximate surface area is 142 Å². The van der Waals surface area contributed by atoms with Crippen molar-refractivity contribution in [2.24, 2.45) is 0 Å². The third-order valence-electron chi connectivity index (χ3n) is 2.78. The van der Waals surface area contributed by atoms with Crippen molar-refractivity contribution in [1.82, 2.24) is 10.3 Å². The molecule has 23 heavy (non-hydrogen) atoms. The molecule has 0 radical (unpaired) electrons. The van der Waals surface area contributed by atoms with Crippen LogP contribution >= 0.6 is 22.9 Å². The molecule has 0 atom stereocenters. The molecule has 0 aliphatic heterocycles. The average molecular weight is 349 g/mol. The van der Waals surface area contributed by atoms with Crippen molar-refractivity contribution in [2.45, 2.75) is 6.92 Å². The van der Waals surface area contributed by atoms with Gasteiger partial charge in [-0.1, -0.05) is 29.7 Å². The summed E-state index contributed by atoms with van der Waals surface area (Å²) in [6.07, 6.45) is 5.02. The summed E-state index contributed by atoms with van der Waals surface area (Å²) in [5.41, 5.74) is 1.36. The summed E-state index contributed by atoms with van der Waals surface area (Å²) in [7, 11) is 0. The average Bonchev–Trinajstić information content (AvgIpc) is 2.92. The van der Waals surface area contributed by atoms with E-state index in [1.807, 2.05) is 12.1 Å². The standard InChI is InChI=1S/C16H13ClN2O3S/c1-3-7-18-13(20)9-22-16(21)14-10(2)19-15(23-14)11-5-4-6-12(17)8-11/h1,4-6,8H,7,9H2,2H3,(H,18,20). The predicted molar refractivity (Wildman–Crippen MR) is 89.4 cm³/mol. The van der Waals surface area contributed by atoms with Gasteiger partial charge in [0.2, 0.25) is 0 Å². The zero-order valence-electron chi connectivity index (χ0n) is 12.3. The van der Waals surface area contributed by atoms with Crippen molar-refractivity contribution in [3.63, 3.8) is 0 Å². The maximum absolute atomic E-state index is 12.1. The van der Waals surface area contributed by atoms with Gasteiger partial charge < -0.3 is 10.1 Å². The van der Waals surface area contributed by atoms with Gasteiger partial charge in [-0.05, 0) is 19.1 Å². The maximum atomic E-state index is 12.1. The Balaban J connectivity index is 2.07. The van der Waals surface area contributed by atoms with E-state index in [1.54, 1.807) is 19.1 Å². The van der Waals surface area contributed by atoms with Gasteiger partial charge in [-0.3, -0.25) is 4.79 Å². The molecule has 1 amide bonds. The number of carbonyl (C=O) groups excluding carboxylic acids is 2. The number of esters is 1. The highest BCUT2D eigenvalue weighted by atomic mass is 35.5. The summed E-state index contributed by atoms with van der Waals surface area (Å²) in [4.78, 5) is 28.1. The first-order valence-corrected chi connectivity index (χ1v) is 7.81. The number of aryl methyl sites for hydroxylation is 1. The minimum absolute atomic E-state index is 0.0921. The fourth-order valence-corrected chi connectivity index (χ4v) is 2.87. The molecule has 1 heterocycles. The molecule has 0 unspecified atom stereocenters. The lowest BCUT2D eigenvalue weighted by atomic mass is 10.2. The molecule has 0 fully saturated rings. The lowest BCUT2D eigenvalue weighted by molar-refractivity contribution is -0.123. The molecule has 118 valence electrons. The molecule has 1 aromatic heterocycles. The molecule has 2 rings (SSSR count). The number of halogens is 1. The van der Waals surface area contributed by atoms with Gasteiger partial charge in [0, 0.05) is 10.6 Å². The number of nitrogens with zero attached hydrogens (tertiary/aromatic N) is 1. The number of ether oxygens (including phenoxy) is 1. The molecule has 5 nitrogen and oxygen atoms in total. The van der Waals surface area contributed by atoms with Crippen molar-refractivity contribution in [3.8, 4) is 22.9 Å². The predicted octanol–water partition coefficient (Wildman–Crippen LogP) is 2.68. The van der Waals surface area contributed by atoms with E-state index >= 15 is 0 Å². The highest BCUT2D eigenvalue weighted by Crippen LogP contribution is 2.29. The molecular formula is C16H13ClN2O3S. The molecule has 0 saturated carbocycles. The van der Waals surface area contributed by atoms with Crippen LogP contribution in [0.2, 0.25) is 5.02 Å². The summed E-state index contributed by atoms with van der Waals surface area (Å²) >= 11 is 7.15. The van der Waals surface area contributed by atoms with E-state index in [-0.39, 0.29) is 13.2 Å². The Hall–Kier alpha value is -2.36. The fourth-order valence-electron chi connectivity index (χ4n) is 1.73. The van der Waals surface area contributed by atoms with Gasteiger partial charge in [0.15, 0.2) is 6.61 Å². The number of terminal acetylenes is 1. The Kier molecular flexibility index (Phi) is 5.74. The van der Waals surface area contributed by atoms with Gasteiger partial charge in [0.05, 0.1) is 12.2 Å². The quantitative estimate of drug-likeness (QED) is 0.666. The van der Waals surface area contributed by atoms with Gasteiger partial charge in [0.1, 0.15) is 9.88 Å². The lowest BCUT2D eigenvalue weighted by Crippen LogP contribution is -2.28. The number of aromatic nitrogens is 1. The van der Waals surface area contributed by atoms with Gasteiger partial charge in [-0.2, -0.15) is 0 Å². The first-order chi connectivity index (χ1) is 11.0. The third-order valence-corrected chi connectivity index (χ3v) is 4.20. The van der Waals surface area contributed by atoms with Crippen molar-refractivity contribution >= 4 is 34.8 Å².